The van der Waals surface area contributed by atoms with Crippen LogP contribution in [0.1, 0.15) is 45.0 Å². The zero-order chi connectivity index (χ0) is 14.3. The van der Waals surface area contributed by atoms with E-state index in [0.717, 1.165) is 30.6 Å². The third-order valence-corrected chi connectivity index (χ3v) is 4.64. The summed E-state index contributed by atoms with van der Waals surface area (Å²) in [6, 6.07) is 5.45. The molecule has 1 aliphatic rings. The number of aromatic nitrogens is 2. The van der Waals surface area contributed by atoms with Crippen molar-refractivity contribution in [1.82, 2.24) is 9.55 Å². The van der Waals surface area contributed by atoms with Crippen LogP contribution >= 0.6 is 0 Å². The quantitative estimate of drug-likeness (QED) is 0.929. The average molecular weight is 275 g/mol. The van der Waals surface area contributed by atoms with E-state index in [4.69, 9.17) is 5.73 Å². The summed E-state index contributed by atoms with van der Waals surface area (Å²) in [6.45, 7) is 4.92. The predicted octanol–water partition coefficient (Wildman–Crippen LogP) is 3.43. The molecule has 0 spiro atoms. The van der Waals surface area contributed by atoms with Crippen LogP contribution in [0.15, 0.2) is 18.2 Å². The lowest BCUT2D eigenvalue weighted by Crippen LogP contribution is -2.40. The SMILES string of the molecule is CC(C)n1c(CC2(CN)CCC2)nc2c(F)cccc21. The van der Waals surface area contributed by atoms with Gasteiger partial charge in [0.25, 0.3) is 0 Å². The summed E-state index contributed by atoms with van der Waals surface area (Å²) in [7, 11) is 0. The van der Waals surface area contributed by atoms with Gasteiger partial charge in [0.1, 0.15) is 11.3 Å². The molecular weight excluding hydrogens is 253 g/mol. The van der Waals surface area contributed by atoms with E-state index < -0.39 is 0 Å². The van der Waals surface area contributed by atoms with Crippen molar-refractivity contribution in [2.45, 2.75) is 45.6 Å². The van der Waals surface area contributed by atoms with Gasteiger partial charge in [-0.15, -0.1) is 0 Å². The van der Waals surface area contributed by atoms with Gasteiger partial charge in [-0.1, -0.05) is 12.5 Å². The van der Waals surface area contributed by atoms with Gasteiger partial charge >= 0.3 is 0 Å². The first-order valence-corrected chi connectivity index (χ1v) is 7.42. The van der Waals surface area contributed by atoms with Crippen LogP contribution in [0.5, 0.6) is 0 Å². The van der Waals surface area contributed by atoms with Crippen LogP contribution in [0, 0.1) is 11.2 Å². The maximum Gasteiger partial charge on any atom is 0.151 e. The van der Waals surface area contributed by atoms with Crippen LogP contribution in [0.4, 0.5) is 4.39 Å². The number of hydrogen-bond acceptors (Lipinski definition) is 2. The first-order chi connectivity index (χ1) is 9.56. The molecule has 1 heterocycles. The molecule has 108 valence electrons. The highest BCUT2D eigenvalue weighted by Gasteiger charge is 2.37. The molecule has 0 amide bonds. The molecule has 0 bridgehead atoms. The first-order valence-electron chi connectivity index (χ1n) is 7.42. The molecule has 1 aliphatic carbocycles. The van der Waals surface area contributed by atoms with Gasteiger partial charge in [-0.25, -0.2) is 9.37 Å². The maximum atomic E-state index is 14.0. The molecule has 3 nitrogen and oxygen atoms in total. The van der Waals surface area contributed by atoms with Crippen molar-refractivity contribution in [3.63, 3.8) is 0 Å². The number of halogens is 1. The highest BCUT2D eigenvalue weighted by molar-refractivity contribution is 5.76. The Labute approximate surface area is 119 Å². The fourth-order valence-electron chi connectivity index (χ4n) is 3.30. The zero-order valence-corrected chi connectivity index (χ0v) is 12.2. The second kappa shape index (κ2) is 4.85. The molecule has 0 unspecified atom stereocenters. The van der Waals surface area contributed by atoms with Gasteiger partial charge in [-0.3, -0.25) is 0 Å². The molecule has 4 heteroatoms. The smallest absolute Gasteiger partial charge is 0.151 e. The van der Waals surface area contributed by atoms with Gasteiger partial charge in [-0.05, 0) is 50.8 Å². The van der Waals surface area contributed by atoms with Crippen LogP contribution in [-0.4, -0.2) is 16.1 Å². The maximum absolute atomic E-state index is 14.0. The second-order valence-corrected chi connectivity index (χ2v) is 6.33. The fraction of sp³-hybridized carbons (Fsp3) is 0.562. The third kappa shape index (κ3) is 2.03. The van der Waals surface area contributed by atoms with Crippen molar-refractivity contribution in [2.24, 2.45) is 11.1 Å². The van der Waals surface area contributed by atoms with Crippen molar-refractivity contribution >= 4 is 11.0 Å². The molecule has 0 atom stereocenters. The van der Waals surface area contributed by atoms with E-state index in [9.17, 15) is 4.39 Å². The molecule has 0 radical (unpaired) electrons. The first kappa shape index (κ1) is 13.6. The topological polar surface area (TPSA) is 43.8 Å². The van der Waals surface area contributed by atoms with E-state index in [2.05, 4.69) is 23.4 Å². The van der Waals surface area contributed by atoms with Crippen LogP contribution in [0.3, 0.4) is 0 Å². The van der Waals surface area contributed by atoms with Crippen LogP contribution in [0.2, 0.25) is 0 Å². The van der Waals surface area contributed by atoms with E-state index in [-0.39, 0.29) is 17.3 Å². The normalized spacial score (nSPS) is 17.6. The Morgan fingerprint density at radius 1 is 1.40 bits per heavy atom. The number of fused-ring (bicyclic) bond motifs is 1. The Hall–Kier alpha value is -1.42. The largest absolute Gasteiger partial charge is 0.330 e. The molecule has 1 fully saturated rings. The Bertz CT molecular complexity index is 620. The molecule has 0 aliphatic heterocycles. The predicted molar refractivity (Wildman–Crippen MR) is 79.1 cm³/mol. The standard InChI is InChI=1S/C16H22FN3/c1-11(2)20-13-6-3-5-12(17)15(13)19-14(20)9-16(10-18)7-4-8-16/h3,5-6,11H,4,7-10,18H2,1-2H3. The number of nitrogens with zero attached hydrogens (tertiary/aromatic N) is 2. The van der Waals surface area contributed by atoms with Gasteiger partial charge < -0.3 is 10.3 Å². The van der Waals surface area contributed by atoms with E-state index in [1.165, 1.54) is 12.5 Å². The second-order valence-electron chi connectivity index (χ2n) is 6.33. The summed E-state index contributed by atoms with van der Waals surface area (Å²) in [6.07, 6.45) is 4.42. The van der Waals surface area contributed by atoms with Gasteiger partial charge in [0, 0.05) is 12.5 Å². The third-order valence-electron chi connectivity index (χ3n) is 4.64. The summed E-state index contributed by atoms with van der Waals surface area (Å²) in [4.78, 5) is 4.58. The molecule has 1 aromatic heterocycles. The molecule has 1 aromatic carbocycles. The molecule has 1 saturated carbocycles. The number of benzene rings is 1. The minimum absolute atomic E-state index is 0.185. The lowest BCUT2D eigenvalue weighted by molar-refractivity contribution is 0.139. The number of hydrogen-bond donors (Lipinski definition) is 1. The van der Waals surface area contributed by atoms with Gasteiger partial charge in [0.15, 0.2) is 5.82 Å². The Kier molecular flexibility index (Phi) is 3.28. The van der Waals surface area contributed by atoms with Gasteiger partial charge in [0.05, 0.1) is 5.52 Å². The van der Waals surface area contributed by atoms with Gasteiger partial charge in [-0.2, -0.15) is 0 Å². The zero-order valence-electron chi connectivity index (χ0n) is 12.2. The van der Waals surface area contributed by atoms with Gasteiger partial charge in [0.2, 0.25) is 0 Å². The molecule has 2 aromatic rings. The van der Waals surface area contributed by atoms with Crippen LogP contribution in [0.25, 0.3) is 11.0 Å². The molecule has 2 N–H and O–H groups in total. The number of imidazole rings is 1. The minimum atomic E-state index is -0.237. The number of para-hydroxylation sites is 1. The average Bonchev–Trinajstić information content (AvgIpc) is 2.73. The molecule has 20 heavy (non-hydrogen) atoms. The Morgan fingerprint density at radius 2 is 2.15 bits per heavy atom. The fourth-order valence-corrected chi connectivity index (χ4v) is 3.30. The highest BCUT2D eigenvalue weighted by Crippen LogP contribution is 2.43. The summed E-state index contributed by atoms with van der Waals surface area (Å²) in [5.74, 6) is 0.740. The van der Waals surface area contributed by atoms with Crippen molar-refractivity contribution in [1.29, 1.82) is 0 Å². The summed E-state index contributed by atoms with van der Waals surface area (Å²) in [5, 5.41) is 0. The molecule has 3 rings (SSSR count). The van der Waals surface area contributed by atoms with Crippen molar-refractivity contribution in [3.8, 4) is 0 Å². The minimum Gasteiger partial charge on any atom is -0.330 e. The number of rotatable bonds is 4. The Balaban J connectivity index is 2.10. The highest BCUT2D eigenvalue weighted by atomic mass is 19.1. The number of nitrogens with two attached hydrogens (primary N) is 1. The summed E-state index contributed by atoms with van der Waals surface area (Å²) >= 11 is 0. The van der Waals surface area contributed by atoms with E-state index in [0.29, 0.717) is 12.1 Å². The van der Waals surface area contributed by atoms with Crippen LogP contribution in [-0.2, 0) is 6.42 Å². The lowest BCUT2D eigenvalue weighted by Gasteiger charge is -2.41. The summed E-state index contributed by atoms with van der Waals surface area (Å²) in [5.41, 5.74) is 7.52. The molecular formula is C16H22FN3. The van der Waals surface area contributed by atoms with E-state index in [1.807, 2.05) is 6.07 Å². The van der Waals surface area contributed by atoms with E-state index >= 15 is 0 Å². The summed E-state index contributed by atoms with van der Waals surface area (Å²) < 4.78 is 16.1. The molecule has 0 saturated heterocycles. The Morgan fingerprint density at radius 3 is 2.70 bits per heavy atom. The van der Waals surface area contributed by atoms with E-state index in [1.54, 1.807) is 6.07 Å². The van der Waals surface area contributed by atoms with Crippen molar-refractivity contribution in [3.05, 3.63) is 29.8 Å². The van der Waals surface area contributed by atoms with Crippen molar-refractivity contribution in [2.75, 3.05) is 6.54 Å². The lowest BCUT2D eigenvalue weighted by atomic mass is 9.66. The van der Waals surface area contributed by atoms with Crippen LogP contribution < -0.4 is 5.73 Å². The monoisotopic (exact) mass is 275 g/mol. The van der Waals surface area contributed by atoms with Crippen molar-refractivity contribution < 1.29 is 4.39 Å².